The van der Waals surface area contributed by atoms with Gasteiger partial charge in [-0.05, 0) is 49.3 Å². The van der Waals surface area contributed by atoms with Gasteiger partial charge in [0.2, 0.25) is 0 Å². The van der Waals surface area contributed by atoms with E-state index in [1.807, 2.05) is 24.3 Å². The molecular weight excluding hydrogens is 338 g/mol. The molecule has 0 aliphatic heterocycles. The summed E-state index contributed by atoms with van der Waals surface area (Å²) in [7, 11) is 1.80. The number of carbonyl (C=O) groups excluding carboxylic acids is 1. The van der Waals surface area contributed by atoms with Crippen molar-refractivity contribution in [1.82, 2.24) is 4.90 Å². The number of rotatable bonds is 3. The third-order valence-electron chi connectivity index (χ3n) is 5.71. The quantitative estimate of drug-likeness (QED) is 0.641. The van der Waals surface area contributed by atoms with Crippen LogP contribution >= 0.6 is 0 Å². The standard InChI is InChI=1S/C23H23NO3/c1-24(19-13-11-17(12-14-19)16-7-3-2-4-8-16)22(25)20-15-18-9-5-6-10-21(18)27-23(20)26/h2-10,15,17,19H,11-14H2,1H3. The van der Waals surface area contributed by atoms with E-state index in [0.29, 0.717) is 11.5 Å². The van der Waals surface area contributed by atoms with Gasteiger partial charge in [-0.2, -0.15) is 0 Å². The molecule has 138 valence electrons. The molecule has 4 nitrogen and oxygen atoms in total. The van der Waals surface area contributed by atoms with Crippen molar-refractivity contribution in [3.8, 4) is 0 Å². The SMILES string of the molecule is CN(C(=O)c1cc2ccccc2oc1=O)C1CCC(c2ccccc2)CC1. The minimum absolute atomic E-state index is 0.112. The Labute approximate surface area is 158 Å². The van der Waals surface area contributed by atoms with Crippen LogP contribution in [0.5, 0.6) is 0 Å². The van der Waals surface area contributed by atoms with Crippen molar-refractivity contribution in [3.63, 3.8) is 0 Å². The summed E-state index contributed by atoms with van der Waals surface area (Å²) in [6, 6.07) is 19.6. The zero-order valence-corrected chi connectivity index (χ0v) is 15.4. The average molecular weight is 361 g/mol. The van der Waals surface area contributed by atoms with Gasteiger partial charge in [0.25, 0.3) is 5.91 Å². The van der Waals surface area contributed by atoms with Crippen molar-refractivity contribution < 1.29 is 9.21 Å². The van der Waals surface area contributed by atoms with E-state index >= 15 is 0 Å². The van der Waals surface area contributed by atoms with E-state index in [1.54, 1.807) is 24.1 Å². The summed E-state index contributed by atoms with van der Waals surface area (Å²) >= 11 is 0. The highest BCUT2D eigenvalue weighted by Crippen LogP contribution is 2.34. The Morgan fingerprint density at radius 2 is 1.63 bits per heavy atom. The molecule has 27 heavy (non-hydrogen) atoms. The molecule has 0 spiro atoms. The van der Waals surface area contributed by atoms with Crippen LogP contribution in [0.3, 0.4) is 0 Å². The van der Waals surface area contributed by atoms with E-state index in [2.05, 4.69) is 24.3 Å². The van der Waals surface area contributed by atoms with E-state index < -0.39 is 5.63 Å². The van der Waals surface area contributed by atoms with Crippen LogP contribution in [0.25, 0.3) is 11.0 Å². The van der Waals surface area contributed by atoms with Gasteiger partial charge < -0.3 is 9.32 Å². The van der Waals surface area contributed by atoms with E-state index in [9.17, 15) is 9.59 Å². The number of hydrogen-bond donors (Lipinski definition) is 0. The lowest BCUT2D eigenvalue weighted by Gasteiger charge is -2.34. The van der Waals surface area contributed by atoms with E-state index in [0.717, 1.165) is 31.1 Å². The van der Waals surface area contributed by atoms with E-state index in [1.165, 1.54) is 5.56 Å². The summed E-state index contributed by atoms with van der Waals surface area (Å²) in [4.78, 5) is 26.9. The minimum Gasteiger partial charge on any atom is -0.422 e. The van der Waals surface area contributed by atoms with Gasteiger partial charge >= 0.3 is 5.63 Å². The van der Waals surface area contributed by atoms with Crippen LogP contribution in [0.2, 0.25) is 0 Å². The second-order valence-electron chi connectivity index (χ2n) is 7.32. The smallest absolute Gasteiger partial charge is 0.349 e. The number of amides is 1. The fraction of sp³-hybridized carbons (Fsp3) is 0.304. The molecule has 1 aromatic heterocycles. The third-order valence-corrected chi connectivity index (χ3v) is 5.71. The van der Waals surface area contributed by atoms with Crippen LogP contribution in [-0.2, 0) is 0 Å². The normalized spacial score (nSPS) is 19.7. The third kappa shape index (κ3) is 3.52. The largest absolute Gasteiger partial charge is 0.422 e. The molecule has 0 unspecified atom stereocenters. The van der Waals surface area contributed by atoms with Crippen molar-refractivity contribution in [3.05, 3.63) is 82.2 Å². The Hall–Kier alpha value is -2.88. The maximum absolute atomic E-state index is 12.9. The van der Waals surface area contributed by atoms with Gasteiger partial charge in [-0.15, -0.1) is 0 Å². The fourth-order valence-electron chi connectivity index (χ4n) is 4.09. The summed E-state index contributed by atoms with van der Waals surface area (Å²) in [6.07, 6.45) is 4.00. The van der Waals surface area contributed by atoms with E-state index in [-0.39, 0.29) is 17.5 Å². The number of para-hydroxylation sites is 1. The first-order chi connectivity index (χ1) is 13.1. The highest BCUT2D eigenvalue weighted by atomic mass is 16.4. The number of benzene rings is 2. The summed E-state index contributed by atoms with van der Waals surface area (Å²) in [5.41, 5.74) is 1.43. The lowest BCUT2D eigenvalue weighted by atomic mass is 9.81. The Morgan fingerprint density at radius 3 is 2.37 bits per heavy atom. The summed E-state index contributed by atoms with van der Waals surface area (Å²) < 4.78 is 5.32. The molecule has 0 bridgehead atoms. The summed E-state index contributed by atoms with van der Waals surface area (Å²) in [5, 5.41) is 0.765. The molecular formula is C23H23NO3. The molecule has 3 aromatic rings. The first-order valence-electron chi connectivity index (χ1n) is 9.48. The Kier molecular flexibility index (Phi) is 4.80. The second-order valence-corrected chi connectivity index (χ2v) is 7.32. The predicted octanol–water partition coefficient (Wildman–Crippen LogP) is 4.59. The van der Waals surface area contributed by atoms with Gasteiger partial charge in [0.1, 0.15) is 11.1 Å². The maximum atomic E-state index is 12.9. The lowest BCUT2D eigenvalue weighted by molar-refractivity contribution is 0.0685. The van der Waals surface area contributed by atoms with E-state index in [4.69, 9.17) is 4.42 Å². The van der Waals surface area contributed by atoms with Gasteiger partial charge in [0.05, 0.1) is 0 Å². The monoisotopic (exact) mass is 361 g/mol. The Balaban J connectivity index is 1.49. The zero-order chi connectivity index (χ0) is 18.8. The molecule has 2 aromatic carbocycles. The molecule has 0 N–H and O–H groups in total. The first kappa shape index (κ1) is 17.5. The fourth-order valence-corrected chi connectivity index (χ4v) is 4.09. The number of fused-ring (bicyclic) bond motifs is 1. The highest BCUT2D eigenvalue weighted by Gasteiger charge is 2.29. The molecule has 1 fully saturated rings. The molecule has 1 amide bonds. The molecule has 4 heteroatoms. The number of hydrogen-bond acceptors (Lipinski definition) is 3. The van der Waals surface area contributed by atoms with Crippen LogP contribution in [0.4, 0.5) is 0 Å². The van der Waals surface area contributed by atoms with Crippen molar-refractivity contribution in [2.45, 2.75) is 37.6 Å². The predicted molar refractivity (Wildman–Crippen MR) is 106 cm³/mol. The molecule has 0 atom stereocenters. The average Bonchev–Trinajstić information content (AvgIpc) is 2.73. The van der Waals surface area contributed by atoms with Crippen LogP contribution < -0.4 is 5.63 Å². The van der Waals surface area contributed by atoms with Crippen molar-refractivity contribution in [1.29, 1.82) is 0 Å². The summed E-state index contributed by atoms with van der Waals surface area (Å²) in [5.74, 6) is 0.300. The zero-order valence-electron chi connectivity index (χ0n) is 15.4. The van der Waals surface area contributed by atoms with Crippen LogP contribution in [0, 0.1) is 0 Å². The maximum Gasteiger partial charge on any atom is 0.349 e. The second kappa shape index (κ2) is 7.39. The molecule has 0 saturated heterocycles. The first-order valence-corrected chi connectivity index (χ1v) is 9.48. The van der Waals surface area contributed by atoms with Gasteiger partial charge in [-0.1, -0.05) is 48.5 Å². The van der Waals surface area contributed by atoms with Gasteiger partial charge in [0.15, 0.2) is 0 Å². The lowest BCUT2D eigenvalue weighted by Crippen LogP contribution is -2.40. The summed E-state index contributed by atoms with van der Waals surface area (Å²) in [6.45, 7) is 0. The molecule has 4 rings (SSSR count). The topological polar surface area (TPSA) is 50.5 Å². The van der Waals surface area contributed by atoms with Crippen LogP contribution in [0.15, 0.2) is 69.9 Å². The number of carbonyl (C=O) groups is 1. The molecule has 1 heterocycles. The molecule has 1 saturated carbocycles. The van der Waals surface area contributed by atoms with Crippen molar-refractivity contribution in [2.75, 3.05) is 7.05 Å². The van der Waals surface area contributed by atoms with Crippen molar-refractivity contribution in [2.24, 2.45) is 0 Å². The molecule has 1 aliphatic rings. The van der Waals surface area contributed by atoms with Gasteiger partial charge in [-0.25, -0.2) is 4.79 Å². The molecule has 0 radical (unpaired) electrons. The highest BCUT2D eigenvalue weighted by molar-refractivity contribution is 5.96. The minimum atomic E-state index is -0.566. The number of nitrogens with zero attached hydrogens (tertiary/aromatic N) is 1. The Morgan fingerprint density at radius 1 is 0.963 bits per heavy atom. The van der Waals surface area contributed by atoms with Crippen LogP contribution in [0.1, 0.15) is 47.5 Å². The van der Waals surface area contributed by atoms with Crippen molar-refractivity contribution >= 4 is 16.9 Å². The molecule has 1 aliphatic carbocycles. The van der Waals surface area contributed by atoms with Crippen LogP contribution in [-0.4, -0.2) is 23.9 Å². The Bertz CT molecular complexity index is 1000. The van der Waals surface area contributed by atoms with Gasteiger partial charge in [0, 0.05) is 18.5 Å². The van der Waals surface area contributed by atoms with Gasteiger partial charge in [-0.3, -0.25) is 4.79 Å².